The Kier molecular flexibility index (Phi) is 4.93. The number of amides is 2. The van der Waals surface area contributed by atoms with Crippen molar-refractivity contribution in [3.63, 3.8) is 0 Å². The monoisotopic (exact) mass is 437 g/mol. The van der Waals surface area contributed by atoms with Crippen LogP contribution in [0.5, 0.6) is 0 Å². The second-order valence-electron chi connectivity index (χ2n) is 8.69. The number of nitrogens with zero attached hydrogens (tertiary/aromatic N) is 4. The number of hydrogen-bond acceptors (Lipinski definition) is 4. The van der Waals surface area contributed by atoms with Crippen LogP contribution in [0.1, 0.15) is 43.0 Å². The lowest BCUT2D eigenvalue weighted by Gasteiger charge is -2.33. The van der Waals surface area contributed by atoms with Gasteiger partial charge in [-0.3, -0.25) is 9.59 Å². The Morgan fingerprint density at radius 3 is 2.55 bits per heavy atom. The van der Waals surface area contributed by atoms with E-state index in [2.05, 4.69) is 15.4 Å². The largest absolute Gasteiger partial charge is 0.341 e. The fourth-order valence-electron chi connectivity index (χ4n) is 4.33. The zero-order chi connectivity index (χ0) is 21.6. The van der Waals surface area contributed by atoms with Gasteiger partial charge in [-0.05, 0) is 68.4 Å². The van der Waals surface area contributed by atoms with E-state index < -0.39 is 6.04 Å². The molecule has 1 saturated heterocycles. The lowest BCUT2D eigenvalue weighted by atomic mass is 9.93. The molecule has 5 rings (SSSR count). The van der Waals surface area contributed by atoms with Crippen LogP contribution < -0.4 is 5.32 Å². The molecule has 0 bridgehead atoms. The Balaban J connectivity index is 1.24. The summed E-state index contributed by atoms with van der Waals surface area (Å²) in [4.78, 5) is 31.6. The molecule has 3 heterocycles. The predicted octanol–water partition coefficient (Wildman–Crippen LogP) is 3.59. The standard InChI is InChI=1S/C23H24ClN5O2/c1-15(22(31)28-10-8-23(6-7-23)9-11-28)27-21(30)16-2-5-20(25-13-16)29-19-4-3-18(24)12-17(19)14-26-29/h2-5,12-15H,6-11H2,1H3,(H,27,30)/t15-/m0/s1. The summed E-state index contributed by atoms with van der Waals surface area (Å²) in [7, 11) is 0. The number of fused-ring (bicyclic) bond motifs is 1. The molecule has 1 aromatic carbocycles. The van der Waals surface area contributed by atoms with Crippen molar-refractivity contribution in [3.05, 3.63) is 53.3 Å². The number of piperidine rings is 1. The summed E-state index contributed by atoms with van der Waals surface area (Å²) in [5.74, 6) is 0.267. The molecule has 3 aromatic rings. The number of hydrogen-bond donors (Lipinski definition) is 1. The highest BCUT2D eigenvalue weighted by Crippen LogP contribution is 2.53. The third-order valence-corrected chi connectivity index (χ3v) is 6.80. The molecule has 1 aliphatic carbocycles. The molecule has 2 aliphatic rings. The van der Waals surface area contributed by atoms with E-state index in [0.29, 0.717) is 21.8 Å². The van der Waals surface area contributed by atoms with Crippen molar-refractivity contribution < 1.29 is 9.59 Å². The smallest absolute Gasteiger partial charge is 0.253 e. The van der Waals surface area contributed by atoms with Crippen LogP contribution in [0.2, 0.25) is 5.02 Å². The van der Waals surface area contributed by atoms with Crippen LogP contribution in [0.25, 0.3) is 16.7 Å². The fourth-order valence-corrected chi connectivity index (χ4v) is 4.51. The Morgan fingerprint density at radius 2 is 1.87 bits per heavy atom. The van der Waals surface area contributed by atoms with E-state index in [4.69, 9.17) is 11.6 Å². The van der Waals surface area contributed by atoms with Gasteiger partial charge in [-0.15, -0.1) is 0 Å². The van der Waals surface area contributed by atoms with Crippen molar-refractivity contribution in [1.29, 1.82) is 0 Å². The van der Waals surface area contributed by atoms with E-state index in [1.54, 1.807) is 36.0 Å². The maximum Gasteiger partial charge on any atom is 0.253 e. The van der Waals surface area contributed by atoms with Crippen LogP contribution in [0.15, 0.2) is 42.7 Å². The molecule has 7 nitrogen and oxygen atoms in total. The van der Waals surface area contributed by atoms with E-state index in [9.17, 15) is 9.59 Å². The van der Waals surface area contributed by atoms with Gasteiger partial charge in [0.05, 0.1) is 17.3 Å². The van der Waals surface area contributed by atoms with Crippen LogP contribution in [0, 0.1) is 5.41 Å². The van der Waals surface area contributed by atoms with Gasteiger partial charge in [0.15, 0.2) is 5.82 Å². The Hall–Kier alpha value is -2.93. The number of likely N-dealkylation sites (tertiary alicyclic amines) is 1. The van der Waals surface area contributed by atoms with Crippen molar-refractivity contribution in [1.82, 2.24) is 25.0 Å². The van der Waals surface area contributed by atoms with E-state index in [1.165, 1.54) is 19.0 Å². The predicted molar refractivity (Wildman–Crippen MR) is 118 cm³/mol. The lowest BCUT2D eigenvalue weighted by Crippen LogP contribution is -2.49. The molecule has 160 valence electrons. The Bertz CT molecular complexity index is 1140. The number of carbonyl (C=O) groups is 2. The van der Waals surface area contributed by atoms with E-state index in [1.807, 2.05) is 17.0 Å². The molecule has 2 fully saturated rings. The van der Waals surface area contributed by atoms with Crippen LogP contribution >= 0.6 is 11.6 Å². The highest BCUT2D eigenvalue weighted by atomic mass is 35.5. The third-order valence-electron chi connectivity index (χ3n) is 6.57. The SMILES string of the molecule is C[C@H](NC(=O)c1ccc(-n2ncc3cc(Cl)ccc32)nc1)C(=O)N1CCC2(CC1)CC2. The second-order valence-corrected chi connectivity index (χ2v) is 9.12. The van der Waals surface area contributed by atoms with E-state index >= 15 is 0 Å². The van der Waals surface area contributed by atoms with Crippen molar-refractivity contribution >= 4 is 34.3 Å². The normalized spacial score (nSPS) is 18.2. The summed E-state index contributed by atoms with van der Waals surface area (Å²) in [5, 5.41) is 8.73. The molecule has 1 atom stereocenters. The number of halogens is 1. The first kappa shape index (κ1) is 20.0. The molecular formula is C23H24ClN5O2. The first-order valence-corrected chi connectivity index (χ1v) is 11.0. The Morgan fingerprint density at radius 1 is 1.10 bits per heavy atom. The molecule has 31 heavy (non-hydrogen) atoms. The van der Waals surface area contributed by atoms with Gasteiger partial charge in [-0.1, -0.05) is 11.6 Å². The fraction of sp³-hybridized carbons (Fsp3) is 0.391. The molecular weight excluding hydrogens is 414 g/mol. The number of aromatic nitrogens is 3. The summed E-state index contributed by atoms with van der Waals surface area (Å²) >= 11 is 6.03. The van der Waals surface area contributed by atoms with Crippen molar-refractivity contribution in [3.8, 4) is 5.82 Å². The molecule has 1 aliphatic heterocycles. The first-order valence-electron chi connectivity index (χ1n) is 10.6. The van der Waals surface area contributed by atoms with Gasteiger partial charge in [-0.2, -0.15) is 5.10 Å². The van der Waals surface area contributed by atoms with Gasteiger partial charge in [0.25, 0.3) is 5.91 Å². The average Bonchev–Trinajstić information content (AvgIpc) is 3.40. The number of pyridine rings is 1. The summed E-state index contributed by atoms with van der Waals surface area (Å²) in [5.41, 5.74) is 1.80. The minimum Gasteiger partial charge on any atom is -0.341 e. The Labute approximate surface area is 185 Å². The van der Waals surface area contributed by atoms with Crippen molar-refractivity contribution in [2.75, 3.05) is 13.1 Å². The highest BCUT2D eigenvalue weighted by molar-refractivity contribution is 6.31. The zero-order valence-electron chi connectivity index (χ0n) is 17.3. The summed E-state index contributed by atoms with van der Waals surface area (Å²) in [6.07, 6.45) is 7.99. The van der Waals surface area contributed by atoms with Crippen LogP contribution in [0.4, 0.5) is 0 Å². The molecule has 1 saturated carbocycles. The van der Waals surface area contributed by atoms with Gasteiger partial charge in [-0.25, -0.2) is 9.67 Å². The highest BCUT2D eigenvalue weighted by Gasteiger charge is 2.45. The summed E-state index contributed by atoms with van der Waals surface area (Å²) < 4.78 is 1.70. The number of carbonyl (C=O) groups excluding carboxylic acids is 2. The van der Waals surface area contributed by atoms with Gasteiger partial charge in [0.2, 0.25) is 5.91 Å². The molecule has 2 aromatic heterocycles. The number of benzene rings is 1. The van der Waals surface area contributed by atoms with Crippen LogP contribution in [-0.4, -0.2) is 50.6 Å². The molecule has 1 N–H and O–H groups in total. The maximum atomic E-state index is 12.7. The number of rotatable bonds is 4. The molecule has 0 unspecified atom stereocenters. The van der Waals surface area contributed by atoms with Crippen LogP contribution in [0.3, 0.4) is 0 Å². The van der Waals surface area contributed by atoms with Gasteiger partial charge in [0.1, 0.15) is 6.04 Å². The van der Waals surface area contributed by atoms with Gasteiger partial charge >= 0.3 is 0 Å². The van der Waals surface area contributed by atoms with Gasteiger partial charge < -0.3 is 10.2 Å². The number of nitrogens with one attached hydrogen (secondary N) is 1. The van der Waals surface area contributed by atoms with Crippen LogP contribution in [-0.2, 0) is 4.79 Å². The summed E-state index contributed by atoms with van der Waals surface area (Å²) in [6, 6.07) is 8.38. The second kappa shape index (κ2) is 7.64. The lowest BCUT2D eigenvalue weighted by molar-refractivity contribution is -0.134. The zero-order valence-corrected chi connectivity index (χ0v) is 18.1. The van der Waals surface area contributed by atoms with Gasteiger partial charge in [0, 0.05) is 29.7 Å². The maximum absolute atomic E-state index is 12.7. The summed E-state index contributed by atoms with van der Waals surface area (Å²) in [6.45, 7) is 3.32. The minimum atomic E-state index is -0.569. The van der Waals surface area contributed by atoms with Crippen molar-refractivity contribution in [2.24, 2.45) is 5.41 Å². The molecule has 2 amide bonds. The van der Waals surface area contributed by atoms with Crippen molar-refractivity contribution in [2.45, 2.75) is 38.6 Å². The molecule has 1 spiro atoms. The topological polar surface area (TPSA) is 80.1 Å². The quantitative estimate of drug-likeness (QED) is 0.676. The third kappa shape index (κ3) is 3.90. The first-order chi connectivity index (χ1) is 14.9. The molecule has 0 radical (unpaired) electrons. The van der Waals surface area contributed by atoms with E-state index in [-0.39, 0.29) is 11.8 Å². The average molecular weight is 438 g/mol. The van der Waals surface area contributed by atoms with E-state index in [0.717, 1.165) is 36.8 Å². The minimum absolute atomic E-state index is 0.0184. The molecule has 8 heteroatoms.